The van der Waals surface area contributed by atoms with Gasteiger partial charge in [0.05, 0.1) is 30.1 Å². The van der Waals surface area contributed by atoms with Crippen molar-refractivity contribution in [2.24, 2.45) is 5.41 Å². The molecule has 0 saturated carbocycles. The minimum Gasteiger partial charge on any atom is -0.497 e. The number of carbonyl (C=O) groups is 1. The second-order valence-corrected chi connectivity index (χ2v) is 9.65. The summed E-state index contributed by atoms with van der Waals surface area (Å²) in [5.74, 6) is 1.53. The number of alkyl halides is 1. The molecule has 0 bridgehead atoms. The average molecular weight is 529 g/mol. The van der Waals surface area contributed by atoms with Gasteiger partial charge in [-0.15, -0.1) is 0 Å². The predicted molar refractivity (Wildman–Crippen MR) is 135 cm³/mol. The number of hydrogen-bond acceptors (Lipinski definition) is 4. The Balaban J connectivity index is 1.42. The molecule has 3 aromatic rings. The Morgan fingerprint density at radius 2 is 1.87 bits per heavy atom. The molecule has 1 fully saturated rings. The number of aliphatic carboxylic acids is 1. The number of nitrogens with zero attached hydrogens (tertiary/aromatic N) is 2. The van der Waals surface area contributed by atoms with Crippen LogP contribution in [0, 0.1) is 41.6 Å². The first-order valence-corrected chi connectivity index (χ1v) is 12.3. The molecule has 0 radical (unpaired) electrons. The zero-order chi connectivity index (χ0) is 27.4. The van der Waals surface area contributed by atoms with Crippen LogP contribution in [0.3, 0.4) is 0 Å². The summed E-state index contributed by atoms with van der Waals surface area (Å²) < 4.78 is 61.6. The number of hydrogen-bond donors (Lipinski definition) is 1. The van der Waals surface area contributed by atoms with Crippen molar-refractivity contribution in [2.75, 3.05) is 26.7 Å². The third-order valence-electron chi connectivity index (χ3n) is 7.30. The minimum absolute atomic E-state index is 0.0341. The summed E-state index contributed by atoms with van der Waals surface area (Å²) in [6.45, 7) is 2.73. The first-order chi connectivity index (χ1) is 18.1. The summed E-state index contributed by atoms with van der Waals surface area (Å²) in [5.41, 5.74) is 0.218. The van der Waals surface area contributed by atoms with E-state index in [4.69, 9.17) is 4.74 Å². The summed E-state index contributed by atoms with van der Waals surface area (Å²) >= 11 is 0. The summed E-state index contributed by atoms with van der Waals surface area (Å²) in [6.07, 6.45) is 1.01. The lowest BCUT2D eigenvalue weighted by Gasteiger charge is -2.38. The number of aromatic nitrogens is 1. The van der Waals surface area contributed by atoms with E-state index in [-0.39, 0.29) is 19.4 Å². The predicted octanol–water partition coefficient (Wildman–Crippen LogP) is 5.98. The van der Waals surface area contributed by atoms with Crippen LogP contribution < -0.4 is 4.74 Å². The molecule has 38 heavy (non-hydrogen) atoms. The van der Waals surface area contributed by atoms with Gasteiger partial charge in [-0.05, 0) is 61.9 Å². The Hall–Kier alpha value is -3.64. The first kappa shape index (κ1) is 27.4. The molecule has 1 unspecified atom stereocenters. The highest BCUT2D eigenvalue weighted by Gasteiger charge is 2.41. The van der Waals surface area contributed by atoms with E-state index in [2.05, 4.69) is 16.8 Å². The van der Waals surface area contributed by atoms with Gasteiger partial charge >= 0.3 is 5.97 Å². The van der Waals surface area contributed by atoms with E-state index < -0.39 is 40.6 Å². The smallest absolute Gasteiger partial charge is 0.309 e. The van der Waals surface area contributed by atoms with Crippen LogP contribution in [0.4, 0.5) is 17.6 Å². The number of ether oxygens (including phenoxy) is 1. The van der Waals surface area contributed by atoms with Crippen molar-refractivity contribution in [3.8, 4) is 17.6 Å². The summed E-state index contributed by atoms with van der Waals surface area (Å²) in [4.78, 5) is 18.5. The minimum atomic E-state index is -1.38. The first-order valence-electron chi connectivity index (χ1n) is 12.3. The number of carboxylic acid groups (broad SMARTS) is 1. The second kappa shape index (κ2) is 11.4. The van der Waals surface area contributed by atoms with Gasteiger partial charge in [-0.3, -0.25) is 14.7 Å². The molecule has 1 aromatic heterocycles. The number of benzene rings is 2. The number of piperidine rings is 1. The number of halogens is 4. The third kappa shape index (κ3) is 5.76. The monoisotopic (exact) mass is 528 g/mol. The van der Waals surface area contributed by atoms with Gasteiger partial charge in [0.15, 0.2) is 0 Å². The summed E-state index contributed by atoms with van der Waals surface area (Å²) in [6, 6.07) is 6.40. The molecule has 0 amide bonds. The van der Waals surface area contributed by atoms with E-state index in [0.717, 1.165) is 0 Å². The van der Waals surface area contributed by atoms with Crippen LogP contribution in [-0.4, -0.2) is 47.7 Å². The maximum atomic E-state index is 15.7. The Kier molecular flexibility index (Phi) is 8.22. The number of rotatable bonds is 7. The van der Waals surface area contributed by atoms with E-state index in [1.165, 1.54) is 7.11 Å². The number of carboxylic acids is 1. The molecular formula is C29H28F4N2O3. The highest BCUT2D eigenvalue weighted by Crippen LogP contribution is 2.41. The van der Waals surface area contributed by atoms with Crippen molar-refractivity contribution >= 4 is 16.9 Å². The van der Waals surface area contributed by atoms with Crippen molar-refractivity contribution in [3.63, 3.8) is 0 Å². The molecule has 1 atom stereocenters. The van der Waals surface area contributed by atoms with Gasteiger partial charge in [-0.25, -0.2) is 17.6 Å². The molecule has 0 spiro atoms. The highest BCUT2D eigenvalue weighted by atomic mass is 19.1. The second-order valence-electron chi connectivity index (χ2n) is 9.65. The number of fused-ring (bicyclic) bond motifs is 1. The number of aryl methyl sites for hydroxylation is 1. The number of likely N-dealkylation sites (tertiary alicyclic amines) is 1. The lowest BCUT2D eigenvalue weighted by Crippen LogP contribution is -2.44. The molecule has 9 heteroatoms. The van der Waals surface area contributed by atoms with E-state index in [1.807, 2.05) is 4.90 Å². The van der Waals surface area contributed by atoms with Gasteiger partial charge in [-0.2, -0.15) is 0 Å². The zero-order valence-corrected chi connectivity index (χ0v) is 21.2. The number of pyridine rings is 1. The van der Waals surface area contributed by atoms with E-state index in [9.17, 15) is 23.1 Å². The molecular weight excluding hydrogens is 500 g/mol. The summed E-state index contributed by atoms with van der Waals surface area (Å²) in [5, 5.41) is 10.7. The van der Waals surface area contributed by atoms with Gasteiger partial charge in [0.2, 0.25) is 0 Å². The quantitative estimate of drug-likeness (QED) is 0.302. The number of methoxy groups -OCH3 is 1. The topological polar surface area (TPSA) is 62.7 Å². The van der Waals surface area contributed by atoms with Crippen LogP contribution in [0.1, 0.15) is 48.5 Å². The normalized spacial score (nSPS) is 16.1. The Bertz CT molecular complexity index is 1390. The lowest BCUT2D eigenvalue weighted by atomic mass is 9.74. The van der Waals surface area contributed by atoms with Crippen LogP contribution in [0.2, 0.25) is 0 Å². The molecule has 1 aliphatic rings. The summed E-state index contributed by atoms with van der Waals surface area (Å²) in [7, 11) is 1.53. The van der Waals surface area contributed by atoms with Gasteiger partial charge in [0.25, 0.3) is 0 Å². The van der Waals surface area contributed by atoms with Crippen molar-refractivity contribution in [3.05, 3.63) is 70.7 Å². The largest absolute Gasteiger partial charge is 0.497 e. The Labute approximate surface area is 218 Å². The average Bonchev–Trinajstić information content (AvgIpc) is 2.89. The van der Waals surface area contributed by atoms with Crippen LogP contribution in [0.5, 0.6) is 5.75 Å². The molecule has 1 aliphatic heterocycles. The van der Waals surface area contributed by atoms with Crippen LogP contribution >= 0.6 is 0 Å². The van der Waals surface area contributed by atoms with E-state index in [0.29, 0.717) is 65.8 Å². The fourth-order valence-corrected chi connectivity index (χ4v) is 4.99. The third-order valence-corrected chi connectivity index (χ3v) is 7.30. The Morgan fingerprint density at radius 3 is 2.50 bits per heavy atom. The van der Waals surface area contributed by atoms with Crippen LogP contribution in [0.25, 0.3) is 10.9 Å². The molecule has 4 rings (SSSR count). The highest BCUT2D eigenvalue weighted by molar-refractivity contribution is 5.85. The SMILES string of the molecule is COc1ccc2ncc(C)c(C(F)CCC3(C(=O)O)CCN(CC#Cc4c(F)cc(F)cc4F)CC3)c2c1. The maximum absolute atomic E-state index is 15.7. The van der Waals surface area contributed by atoms with Crippen molar-refractivity contribution < 1.29 is 32.2 Å². The van der Waals surface area contributed by atoms with E-state index >= 15 is 4.39 Å². The van der Waals surface area contributed by atoms with Crippen molar-refractivity contribution in [1.29, 1.82) is 0 Å². The molecule has 2 heterocycles. The fraction of sp³-hybridized carbons (Fsp3) is 0.379. The molecule has 0 aliphatic carbocycles. The molecule has 5 nitrogen and oxygen atoms in total. The molecule has 1 saturated heterocycles. The Morgan fingerprint density at radius 1 is 1.18 bits per heavy atom. The van der Waals surface area contributed by atoms with Gasteiger partial charge in [0, 0.05) is 36.8 Å². The van der Waals surface area contributed by atoms with Crippen LogP contribution in [-0.2, 0) is 4.79 Å². The zero-order valence-electron chi connectivity index (χ0n) is 21.2. The maximum Gasteiger partial charge on any atom is 0.309 e. The molecule has 1 N–H and O–H groups in total. The van der Waals surface area contributed by atoms with Gasteiger partial charge < -0.3 is 9.84 Å². The standard InChI is InChI=1S/C29H28F4N2O3/c1-18-17-34-26-6-5-20(38-2)16-22(26)27(18)23(31)7-8-29(28(36)37)9-12-35(13-10-29)11-3-4-21-24(32)14-19(30)15-25(21)33/h5-6,14-17,23H,7-13H2,1-2H3,(H,36,37). The van der Waals surface area contributed by atoms with Crippen molar-refractivity contribution in [2.45, 2.75) is 38.8 Å². The van der Waals surface area contributed by atoms with Crippen LogP contribution in [0.15, 0.2) is 36.5 Å². The molecule has 2 aromatic carbocycles. The fourth-order valence-electron chi connectivity index (χ4n) is 4.99. The molecule has 200 valence electrons. The van der Waals surface area contributed by atoms with E-state index in [1.54, 1.807) is 31.3 Å². The van der Waals surface area contributed by atoms with Gasteiger partial charge in [0.1, 0.15) is 29.4 Å². The van der Waals surface area contributed by atoms with Gasteiger partial charge in [-0.1, -0.05) is 11.8 Å². The van der Waals surface area contributed by atoms with Crippen molar-refractivity contribution in [1.82, 2.24) is 9.88 Å². The lowest BCUT2D eigenvalue weighted by molar-refractivity contribution is -0.152.